The van der Waals surface area contributed by atoms with Crippen molar-refractivity contribution in [2.75, 3.05) is 12.8 Å². The number of hydrogen-bond donors (Lipinski definition) is 2. The number of nitrogens with two attached hydrogens (primary N) is 1. The van der Waals surface area contributed by atoms with E-state index in [1.807, 2.05) is 0 Å². The molecule has 0 bridgehead atoms. The van der Waals surface area contributed by atoms with Crippen LogP contribution >= 0.6 is 0 Å². The van der Waals surface area contributed by atoms with E-state index in [1.54, 1.807) is 6.92 Å². The lowest BCUT2D eigenvalue weighted by Crippen LogP contribution is -2.33. The van der Waals surface area contributed by atoms with E-state index < -0.39 is 5.60 Å². The summed E-state index contributed by atoms with van der Waals surface area (Å²) in [6.45, 7) is 1.80. The summed E-state index contributed by atoms with van der Waals surface area (Å²) in [5.74, 6) is 6.72. The molecule has 0 atom stereocenters. The van der Waals surface area contributed by atoms with Gasteiger partial charge in [-0.15, -0.1) is 0 Å². The Morgan fingerprint density at radius 1 is 1.52 bits per heavy atom. The average Bonchev–Trinajstić information content (AvgIpc) is 3.05. The number of aryl methyl sites for hydroxylation is 1. The van der Waals surface area contributed by atoms with Crippen molar-refractivity contribution in [3.63, 3.8) is 0 Å². The molecule has 3 rings (SSSR count). The monoisotopic (exact) mass is 343 g/mol. The first-order chi connectivity index (χ1) is 11.9. The van der Waals surface area contributed by atoms with Crippen molar-refractivity contribution in [2.24, 2.45) is 5.92 Å². The van der Waals surface area contributed by atoms with Crippen LogP contribution in [0.15, 0.2) is 6.33 Å². The molecule has 2 heterocycles. The molecule has 0 unspecified atom stereocenters. The molecule has 0 aromatic carbocycles. The number of carbonyl (C=O) groups is 1. The molecule has 25 heavy (non-hydrogen) atoms. The molecule has 132 valence electrons. The van der Waals surface area contributed by atoms with Crippen LogP contribution in [-0.4, -0.2) is 43.4 Å². The number of nitrogen functional groups attached to an aromatic ring is 1. The van der Waals surface area contributed by atoms with E-state index in [2.05, 4.69) is 26.9 Å². The van der Waals surface area contributed by atoms with Gasteiger partial charge in [-0.3, -0.25) is 4.79 Å². The Balaban J connectivity index is 1.77. The summed E-state index contributed by atoms with van der Waals surface area (Å²) in [7, 11) is 1.39. The second-order valence-corrected chi connectivity index (χ2v) is 6.43. The van der Waals surface area contributed by atoms with Gasteiger partial charge in [0, 0.05) is 6.42 Å². The summed E-state index contributed by atoms with van der Waals surface area (Å²) < 4.78 is 6.13. The minimum atomic E-state index is -1.08. The van der Waals surface area contributed by atoms with E-state index in [0.29, 0.717) is 42.1 Å². The fourth-order valence-electron chi connectivity index (χ4n) is 3.12. The number of anilines is 1. The minimum absolute atomic E-state index is 0.211. The SMILES string of the molecule is COC(=O)CC1CCC(O)(C#Cc2c(C)nc3ncnn3c2N)CC1. The third-order valence-electron chi connectivity index (χ3n) is 4.68. The van der Waals surface area contributed by atoms with Gasteiger partial charge in [0.2, 0.25) is 0 Å². The number of methoxy groups -OCH3 is 1. The summed E-state index contributed by atoms with van der Waals surface area (Å²) in [6.07, 6.45) is 4.26. The Kier molecular flexibility index (Phi) is 4.59. The Labute approximate surface area is 145 Å². The molecule has 0 aliphatic heterocycles. The van der Waals surface area contributed by atoms with Crippen molar-refractivity contribution in [2.45, 2.75) is 44.6 Å². The van der Waals surface area contributed by atoms with Crippen LogP contribution in [0.1, 0.15) is 43.4 Å². The number of aromatic nitrogens is 4. The van der Waals surface area contributed by atoms with E-state index in [0.717, 1.165) is 12.8 Å². The van der Waals surface area contributed by atoms with E-state index in [9.17, 15) is 9.90 Å². The summed E-state index contributed by atoms with van der Waals surface area (Å²) in [6, 6.07) is 0. The largest absolute Gasteiger partial charge is 0.469 e. The molecule has 8 nitrogen and oxygen atoms in total. The Bertz CT molecular complexity index is 856. The maximum atomic E-state index is 11.4. The zero-order valence-corrected chi connectivity index (χ0v) is 14.3. The van der Waals surface area contributed by atoms with E-state index in [1.165, 1.54) is 18.0 Å². The van der Waals surface area contributed by atoms with Gasteiger partial charge in [-0.1, -0.05) is 11.8 Å². The highest BCUT2D eigenvalue weighted by molar-refractivity contribution is 5.69. The van der Waals surface area contributed by atoms with Crippen LogP contribution in [0.25, 0.3) is 5.78 Å². The minimum Gasteiger partial charge on any atom is -0.469 e. The third kappa shape index (κ3) is 3.56. The van der Waals surface area contributed by atoms with Crippen LogP contribution in [-0.2, 0) is 9.53 Å². The fraction of sp³-hybridized carbons (Fsp3) is 0.529. The maximum absolute atomic E-state index is 11.4. The molecular weight excluding hydrogens is 322 g/mol. The predicted octanol–water partition coefficient (Wildman–Crippen LogP) is 0.851. The number of aliphatic hydroxyl groups is 1. The van der Waals surface area contributed by atoms with Crippen LogP contribution in [0.2, 0.25) is 0 Å². The van der Waals surface area contributed by atoms with Crippen molar-refractivity contribution in [3.8, 4) is 11.8 Å². The van der Waals surface area contributed by atoms with Gasteiger partial charge in [0.15, 0.2) is 0 Å². The Morgan fingerprint density at radius 3 is 2.92 bits per heavy atom. The van der Waals surface area contributed by atoms with Crippen molar-refractivity contribution >= 4 is 17.6 Å². The first-order valence-corrected chi connectivity index (χ1v) is 8.20. The number of esters is 1. The lowest BCUT2D eigenvalue weighted by Gasteiger charge is -2.31. The molecule has 2 aromatic heterocycles. The van der Waals surface area contributed by atoms with Crippen molar-refractivity contribution < 1.29 is 14.6 Å². The van der Waals surface area contributed by atoms with Gasteiger partial charge in [-0.05, 0) is 38.5 Å². The number of nitrogens with zero attached hydrogens (tertiary/aromatic N) is 4. The highest BCUT2D eigenvalue weighted by atomic mass is 16.5. The third-order valence-corrected chi connectivity index (χ3v) is 4.68. The molecule has 1 aliphatic rings. The van der Waals surface area contributed by atoms with Crippen LogP contribution < -0.4 is 5.73 Å². The quantitative estimate of drug-likeness (QED) is 0.613. The van der Waals surface area contributed by atoms with Crippen LogP contribution in [0, 0.1) is 24.7 Å². The standard InChI is InChI=1S/C17H21N5O3/c1-11-13(15(18)22-16(21-11)19-10-20-22)5-8-17(24)6-3-12(4-7-17)9-14(23)25-2/h10,12,24H,3-4,6-7,9,18H2,1-2H3. The van der Waals surface area contributed by atoms with Crippen LogP contribution in [0.5, 0.6) is 0 Å². The number of ether oxygens (including phenoxy) is 1. The molecule has 1 aliphatic carbocycles. The number of carbonyl (C=O) groups excluding carboxylic acids is 1. The normalized spacial score (nSPS) is 23.1. The van der Waals surface area contributed by atoms with Gasteiger partial charge in [0.05, 0.1) is 18.4 Å². The zero-order valence-electron chi connectivity index (χ0n) is 14.3. The molecule has 1 fully saturated rings. The molecular formula is C17H21N5O3. The molecule has 0 radical (unpaired) electrons. The maximum Gasteiger partial charge on any atom is 0.305 e. The highest BCUT2D eigenvalue weighted by Crippen LogP contribution is 2.33. The highest BCUT2D eigenvalue weighted by Gasteiger charge is 2.32. The molecule has 8 heteroatoms. The number of fused-ring (bicyclic) bond motifs is 1. The van der Waals surface area contributed by atoms with E-state index in [-0.39, 0.29) is 11.9 Å². The molecule has 0 saturated heterocycles. The van der Waals surface area contributed by atoms with Crippen molar-refractivity contribution in [3.05, 3.63) is 17.6 Å². The molecule has 0 amide bonds. The van der Waals surface area contributed by atoms with Gasteiger partial charge >= 0.3 is 5.97 Å². The van der Waals surface area contributed by atoms with Gasteiger partial charge < -0.3 is 15.6 Å². The molecule has 1 saturated carbocycles. The lowest BCUT2D eigenvalue weighted by molar-refractivity contribution is -0.142. The number of hydrogen-bond acceptors (Lipinski definition) is 7. The zero-order chi connectivity index (χ0) is 18.0. The molecule has 0 spiro atoms. The summed E-state index contributed by atoms with van der Waals surface area (Å²) >= 11 is 0. The topological polar surface area (TPSA) is 116 Å². The summed E-state index contributed by atoms with van der Waals surface area (Å²) in [5.41, 5.74) is 6.21. The second kappa shape index (κ2) is 6.69. The lowest BCUT2D eigenvalue weighted by atomic mass is 9.78. The first-order valence-electron chi connectivity index (χ1n) is 8.20. The van der Waals surface area contributed by atoms with Gasteiger partial charge in [0.1, 0.15) is 17.7 Å². The fourth-order valence-corrected chi connectivity index (χ4v) is 3.12. The van der Waals surface area contributed by atoms with E-state index >= 15 is 0 Å². The molecule has 2 aromatic rings. The smallest absolute Gasteiger partial charge is 0.305 e. The van der Waals surface area contributed by atoms with Gasteiger partial charge in [-0.2, -0.15) is 14.6 Å². The van der Waals surface area contributed by atoms with E-state index in [4.69, 9.17) is 10.5 Å². The van der Waals surface area contributed by atoms with Crippen molar-refractivity contribution in [1.29, 1.82) is 0 Å². The number of rotatable bonds is 2. The van der Waals surface area contributed by atoms with Gasteiger partial charge in [0.25, 0.3) is 5.78 Å². The first kappa shape index (κ1) is 17.2. The second-order valence-electron chi connectivity index (χ2n) is 6.43. The van der Waals surface area contributed by atoms with Crippen molar-refractivity contribution in [1.82, 2.24) is 19.6 Å². The summed E-state index contributed by atoms with van der Waals surface area (Å²) in [5, 5.41) is 14.7. The van der Waals surface area contributed by atoms with Gasteiger partial charge in [-0.25, -0.2) is 4.98 Å². The predicted molar refractivity (Wildman–Crippen MR) is 90.4 cm³/mol. The average molecular weight is 343 g/mol. The van der Waals surface area contributed by atoms with Crippen LogP contribution in [0.4, 0.5) is 5.82 Å². The molecule has 3 N–H and O–H groups in total. The van der Waals surface area contributed by atoms with Crippen LogP contribution in [0.3, 0.4) is 0 Å². The Morgan fingerprint density at radius 2 is 2.24 bits per heavy atom. The Hall–Kier alpha value is -2.66. The summed E-state index contributed by atoms with van der Waals surface area (Å²) in [4.78, 5) is 19.7.